The molecular formula is C10H17N3O. The van der Waals surface area contributed by atoms with Crippen LogP contribution in [-0.4, -0.2) is 25.5 Å². The topological polar surface area (TPSA) is 64.9 Å². The van der Waals surface area contributed by atoms with Crippen LogP contribution in [0.5, 0.6) is 0 Å². The first-order valence-electron chi connectivity index (χ1n) is 4.90. The van der Waals surface area contributed by atoms with Crippen molar-refractivity contribution < 1.29 is 4.79 Å². The molecular weight excluding hydrogens is 178 g/mol. The Morgan fingerprint density at radius 1 is 1.64 bits per heavy atom. The number of carbonyl (C=O) groups is 1. The standard InChI is InChI=1S/C10H17N3O/c1-10(2)5-8(10)6-12-7-9(14)13-4-3-11/h8,12H,4-7H2,1-2H3,(H,13,14). The van der Waals surface area contributed by atoms with E-state index in [1.165, 1.54) is 6.42 Å². The van der Waals surface area contributed by atoms with Gasteiger partial charge in [0, 0.05) is 0 Å². The lowest BCUT2D eigenvalue weighted by atomic mass is 10.1. The first-order valence-corrected chi connectivity index (χ1v) is 4.90. The monoisotopic (exact) mass is 195 g/mol. The molecule has 1 fully saturated rings. The van der Waals surface area contributed by atoms with Gasteiger partial charge in [-0.1, -0.05) is 13.8 Å². The highest BCUT2D eigenvalue weighted by atomic mass is 16.1. The lowest BCUT2D eigenvalue weighted by Crippen LogP contribution is -2.35. The first-order chi connectivity index (χ1) is 6.56. The first kappa shape index (κ1) is 11.0. The van der Waals surface area contributed by atoms with Crippen molar-refractivity contribution in [2.75, 3.05) is 19.6 Å². The van der Waals surface area contributed by atoms with E-state index in [-0.39, 0.29) is 12.5 Å². The molecule has 0 heterocycles. The van der Waals surface area contributed by atoms with E-state index in [1.807, 2.05) is 6.07 Å². The number of amides is 1. The minimum atomic E-state index is -0.106. The second-order valence-corrected chi connectivity index (χ2v) is 4.46. The van der Waals surface area contributed by atoms with Gasteiger partial charge in [0.05, 0.1) is 12.6 Å². The van der Waals surface area contributed by atoms with Gasteiger partial charge >= 0.3 is 0 Å². The summed E-state index contributed by atoms with van der Waals surface area (Å²) >= 11 is 0. The summed E-state index contributed by atoms with van der Waals surface area (Å²) in [5.41, 5.74) is 0.454. The van der Waals surface area contributed by atoms with Gasteiger partial charge in [-0.3, -0.25) is 4.79 Å². The molecule has 0 bridgehead atoms. The summed E-state index contributed by atoms with van der Waals surface area (Å²) in [4.78, 5) is 11.0. The maximum Gasteiger partial charge on any atom is 0.234 e. The summed E-state index contributed by atoms with van der Waals surface area (Å²) in [5, 5.41) is 13.8. The molecule has 1 rings (SSSR count). The zero-order valence-electron chi connectivity index (χ0n) is 8.76. The number of carbonyl (C=O) groups excluding carboxylic acids is 1. The second kappa shape index (κ2) is 4.43. The van der Waals surface area contributed by atoms with Crippen LogP contribution >= 0.6 is 0 Å². The summed E-state index contributed by atoms with van der Waals surface area (Å²) in [6.45, 7) is 5.76. The number of nitrogens with zero attached hydrogens (tertiary/aromatic N) is 1. The van der Waals surface area contributed by atoms with Crippen LogP contribution in [-0.2, 0) is 4.79 Å². The highest BCUT2D eigenvalue weighted by Crippen LogP contribution is 2.50. The molecule has 14 heavy (non-hydrogen) atoms. The van der Waals surface area contributed by atoms with Crippen molar-refractivity contribution >= 4 is 5.91 Å². The number of nitriles is 1. The normalized spacial score (nSPS) is 22.5. The molecule has 0 aromatic heterocycles. The van der Waals surface area contributed by atoms with Crippen molar-refractivity contribution in [2.45, 2.75) is 20.3 Å². The van der Waals surface area contributed by atoms with Gasteiger partial charge < -0.3 is 10.6 Å². The van der Waals surface area contributed by atoms with E-state index < -0.39 is 0 Å². The zero-order valence-corrected chi connectivity index (χ0v) is 8.76. The van der Waals surface area contributed by atoms with Crippen molar-refractivity contribution in [1.82, 2.24) is 10.6 Å². The summed E-state index contributed by atoms with van der Waals surface area (Å²) in [6.07, 6.45) is 1.24. The maximum absolute atomic E-state index is 11.0. The Labute approximate surface area is 84.7 Å². The van der Waals surface area contributed by atoms with Crippen molar-refractivity contribution in [3.8, 4) is 6.07 Å². The van der Waals surface area contributed by atoms with Crippen molar-refractivity contribution in [3.05, 3.63) is 0 Å². The van der Waals surface area contributed by atoms with Crippen LogP contribution in [0.25, 0.3) is 0 Å². The van der Waals surface area contributed by atoms with Gasteiger partial charge in [-0.25, -0.2) is 0 Å². The predicted molar refractivity (Wildman–Crippen MR) is 53.4 cm³/mol. The molecule has 1 saturated carbocycles. The Morgan fingerprint density at radius 2 is 2.29 bits per heavy atom. The third kappa shape index (κ3) is 3.35. The number of hydrogen-bond acceptors (Lipinski definition) is 3. The smallest absolute Gasteiger partial charge is 0.234 e. The van der Waals surface area contributed by atoms with Gasteiger partial charge in [-0.2, -0.15) is 5.26 Å². The number of rotatable bonds is 5. The SMILES string of the molecule is CC1(C)CC1CNCC(=O)NCC#N. The van der Waals surface area contributed by atoms with E-state index in [4.69, 9.17) is 5.26 Å². The van der Waals surface area contributed by atoms with Crippen LogP contribution in [0.3, 0.4) is 0 Å². The third-order valence-electron chi connectivity index (χ3n) is 2.76. The maximum atomic E-state index is 11.0. The van der Waals surface area contributed by atoms with Crippen LogP contribution in [0, 0.1) is 22.7 Å². The summed E-state index contributed by atoms with van der Waals surface area (Å²) in [7, 11) is 0. The van der Waals surface area contributed by atoms with Crippen LogP contribution in [0.1, 0.15) is 20.3 Å². The van der Waals surface area contributed by atoms with E-state index in [2.05, 4.69) is 24.5 Å². The van der Waals surface area contributed by atoms with Gasteiger partial charge in [0.15, 0.2) is 0 Å². The molecule has 0 radical (unpaired) electrons. The molecule has 4 nitrogen and oxygen atoms in total. The largest absolute Gasteiger partial charge is 0.342 e. The van der Waals surface area contributed by atoms with Crippen molar-refractivity contribution in [1.29, 1.82) is 5.26 Å². The minimum Gasteiger partial charge on any atom is -0.342 e. The average molecular weight is 195 g/mol. The van der Waals surface area contributed by atoms with Gasteiger partial charge in [-0.15, -0.1) is 0 Å². The van der Waals surface area contributed by atoms with Gasteiger partial charge in [0.2, 0.25) is 5.91 Å². The highest BCUT2D eigenvalue weighted by Gasteiger charge is 2.44. The molecule has 78 valence electrons. The van der Waals surface area contributed by atoms with Crippen molar-refractivity contribution in [2.24, 2.45) is 11.3 Å². The minimum absolute atomic E-state index is 0.0927. The molecule has 4 heteroatoms. The molecule has 2 N–H and O–H groups in total. The average Bonchev–Trinajstić information content (AvgIpc) is 2.71. The van der Waals surface area contributed by atoms with Crippen LogP contribution in [0.2, 0.25) is 0 Å². The summed E-state index contributed by atoms with van der Waals surface area (Å²) < 4.78 is 0. The van der Waals surface area contributed by atoms with Gasteiger partial charge in [0.1, 0.15) is 6.54 Å². The predicted octanol–water partition coefficient (Wildman–Crippen LogP) is 0.262. The fourth-order valence-corrected chi connectivity index (χ4v) is 1.49. The quantitative estimate of drug-likeness (QED) is 0.618. The molecule has 0 spiro atoms. The van der Waals surface area contributed by atoms with Gasteiger partial charge in [-0.05, 0) is 24.3 Å². The molecule has 0 aliphatic heterocycles. The molecule has 0 saturated heterocycles. The second-order valence-electron chi connectivity index (χ2n) is 4.46. The van der Waals surface area contributed by atoms with Crippen LogP contribution in [0.4, 0.5) is 0 Å². The number of hydrogen-bond donors (Lipinski definition) is 2. The zero-order chi connectivity index (χ0) is 10.6. The fraction of sp³-hybridized carbons (Fsp3) is 0.800. The van der Waals surface area contributed by atoms with E-state index in [1.54, 1.807) is 0 Å². The molecule has 1 unspecified atom stereocenters. The lowest BCUT2D eigenvalue weighted by Gasteiger charge is -2.05. The fourth-order valence-electron chi connectivity index (χ4n) is 1.49. The molecule has 1 aliphatic rings. The van der Waals surface area contributed by atoms with Crippen LogP contribution < -0.4 is 10.6 Å². The Kier molecular flexibility index (Phi) is 3.48. The Morgan fingerprint density at radius 3 is 2.79 bits per heavy atom. The third-order valence-corrected chi connectivity index (χ3v) is 2.76. The Bertz CT molecular complexity index is 255. The van der Waals surface area contributed by atoms with E-state index in [9.17, 15) is 4.79 Å². The van der Waals surface area contributed by atoms with Gasteiger partial charge in [0.25, 0.3) is 0 Å². The van der Waals surface area contributed by atoms with Crippen molar-refractivity contribution in [3.63, 3.8) is 0 Å². The van der Waals surface area contributed by atoms with Crippen LogP contribution in [0.15, 0.2) is 0 Å². The molecule has 1 aliphatic carbocycles. The van der Waals surface area contributed by atoms with E-state index in [0.29, 0.717) is 17.9 Å². The molecule has 1 atom stereocenters. The highest BCUT2D eigenvalue weighted by molar-refractivity contribution is 5.78. The molecule has 0 aromatic rings. The summed E-state index contributed by atoms with van der Waals surface area (Å²) in [5.74, 6) is 0.594. The number of nitrogens with one attached hydrogen (secondary N) is 2. The summed E-state index contributed by atoms with van der Waals surface area (Å²) in [6, 6.07) is 1.86. The van der Waals surface area contributed by atoms with E-state index >= 15 is 0 Å². The van der Waals surface area contributed by atoms with E-state index in [0.717, 1.165) is 6.54 Å². The molecule has 0 aromatic carbocycles. The molecule has 1 amide bonds. The Balaban J connectivity index is 2.00. The lowest BCUT2D eigenvalue weighted by molar-refractivity contribution is -0.120. The Hall–Kier alpha value is -1.08.